The average Bonchev–Trinajstić information content (AvgIpc) is 2.99. The highest BCUT2D eigenvalue weighted by Crippen LogP contribution is 2.38. The minimum Gasteiger partial charge on any atom is -0.493 e. The molecule has 28 heavy (non-hydrogen) atoms. The van der Waals surface area contributed by atoms with Crippen LogP contribution >= 0.6 is 15.9 Å². The fraction of sp³-hybridized carbons (Fsp3) is 0.158. The van der Waals surface area contributed by atoms with Gasteiger partial charge in [0.05, 0.1) is 27.8 Å². The Hall–Kier alpha value is -3.20. The number of ether oxygens (including phenoxy) is 2. The second-order valence-corrected chi connectivity index (χ2v) is 6.71. The lowest BCUT2D eigenvalue weighted by molar-refractivity contribution is -0.384. The van der Waals surface area contributed by atoms with Gasteiger partial charge in [-0.3, -0.25) is 10.1 Å². The summed E-state index contributed by atoms with van der Waals surface area (Å²) in [6.45, 7) is 1.89. The summed E-state index contributed by atoms with van der Waals surface area (Å²) in [4.78, 5) is 26.6. The van der Waals surface area contributed by atoms with Gasteiger partial charge in [0.1, 0.15) is 6.61 Å². The van der Waals surface area contributed by atoms with Gasteiger partial charge in [0.15, 0.2) is 11.5 Å². The predicted octanol–water partition coefficient (Wildman–Crippen LogP) is 4.26. The first-order valence-corrected chi connectivity index (χ1v) is 8.90. The Morgan fingerprint density at radius 1 is 1.29 bits per heavy atom. The molecule has 3 rings (SSSR count). The van der Waals surface area contributed by atoms with E-state index in [2.05, 4.69) is 25.9 Å². The van der Waals surface area contributed by atoms with Gasteiger partial charge in [0, 0.05) is 12.1 Å². The molecule has 0 saturated heterocycles. The van der Waals surface area contributed by atoms with Crippen LogP contribution in [-0.2, 0) is 16.2 Å². The van der Waals surface area contributed by atoms with E-state index in [1.54, 1.807) is 37.3 Å². The number of nitro groups is 1. The molecule has 0 amide bonds. The second kappa shape index (κ2) is 8.22. The SMILES string of the molecule is COc1cc(/C=C2/C(=O)ON=C2C)cc(Br)c1OCc1ccc([N+](=O)[O-])cc1. The molecular weight excluding hydrogens is 432 g/mol. The van der Waals surface area contributed by atoms with Gasteiger partial charge < -0.3 is 14.3 Å². The van der Waals surface area contributed by atoms with Crippen LogP contribution in [0.5, 0.6) is 11.5 Å². The third kappa shape index (κ3) is 4.20. The molecular formula is C19H15BrN2O6. The number of rotatable bonds is 6. The molecule has 0 aromatic heterocycles. The number of carbonyl (C=O) groups is 1. The van der Waals surface area contributed by atoms with E-state index in [0.29, 0.717) is 32.8 Å². The molecule has 0 N–H and O–H groups in total. The first kappa shape index (κ1) is 19.6. The first-order chi connectivity index (χ1) is 13.4. The van der Waals surface area contributed by atoms with Crippen LogP contribution in [0.4, 0.5) is 5.69 Å². The molecule has 0 radical (unpaired) electrons. The quantitative estimate of drug-likeness (QED) is 0.284. The van der Waals surface area contributed by atoms with E-state index in [1.807, 2.05) is 0 Å². The third-order valence-corrected chi connectivity index (χ3v) is 4.56. The van der Waals surface area contributed by atoms with Crippen molar-refractivity contribution in [2.75, 3.05) is 7.11 Å². The van der Waals surface area contributed by atoms with Crippen LogP contribution in [0.1, 0.15) is 18.1 Å². The molecule has 0 saturated carbocycles. The number of oxime groups is 1. The Morgan fingerprint density at radius 2 is 2.00 bits per heavy atom. The molecule has 0 fully saturated rings. The number of nitro benzene ring substituents is 1. The summed E-state index contributed by atoms with van der Waals surface area (Å²) in [5.74, 6) is 0.428. The lowest BCUT2D eigenvalue weighted by Gasteiger charge is -2.14. The van der Waals surface area contributed by atoms with E-state index in [9.17, 15) is 14.9 Å². The Balaban J connectivity index is 1.82. The fourth-order valence-corrected chi connectivity index (χ4v) is 3.09. The molecule has 1 aliphatic rings. The molecule has 9 heteroatoms. The summed E-state index contributed by atoms with van der Waals surface area (Å²) in [6, 6.07) is 9.60. The highest BCUT2D eigenvalue weighted by Gasteiger charge is 2.22. The zero-order valence-electron chi connectivity index (χ0n) is 15.0. The number of nitrogens with zero attached hydrogens (tertiary/aromatic N) is 2. The van der Waals surface area contributed by atoms with Crippen molar-refractivity contribution in [1.82, 2.24) is 0 Å². The summed E-state index contributed by atoms with van der Waals surface area (Å²) >= 11 is 3.45. The van der Waals surface area contributed by atoms with Crippen LogP contribution in [0.2, 0.25) is 0 Å². The average molecular weight is 447 g/mol. The zero-order chi connectivity index (χ0) is 20.3. The molecule has 1 heterocycles. The van der Waals surface area contributed by atoms with Crippen molar-refractivity contribution in [3.63, 3.8) is 0 Å². The molecule has 0 atom stereocenters. The van der Waals surface area contributed by atoms with E-state index >= 15 is 0 Å². The van der Waals surface area contributed by atoms with Gasteiger partial charge in [-0.1, -0.05) is 5.16 Å². The number of methoxy groups -OCH3 is 1. The maximum Gasteiger partial charge on any atom is 0.367 e. The molecule has 2 aromatic carbocycles. The van der Waals surface area contributed by atoms with Crippen LogP contribution in [0.3, 0.4) is 0 Å². The summed E-state index contributed by atoms with van der Waals surface area (Å²) < 4.78 is 11.9. The predicted molar refractivity (Wildman–Crippen MR) is 105 cm³/mol. The Morgan fingerprint density at radius 3 is 2.57 bits per heavy atom. The minimum absolute atomic E-state index is 0.0178. The highest BCUT2D eigenvalue weighted by molar-refractivity contribution is 9.10. The maximum atomic E-state index is 11.7. The van der Waals surface area contributed by atoms with Crippen molar-refractivity contribution in [1.29, 1.82) is 0 Å². The van der Waals surface area contributed by atoms with E-state index < -0.39 is 10.9 Å². The molecule has 8 nitrogen and oxygen atoms in total. The molecule has 144 valence electrons. The first-order valence-electron chi connectivity index (χ1n) is 8.10. The molecule has 1 aliphatic heterocycles. The lowest BCUT2D eigenvalue weighted by Crippen LogP contribution is -2.02. The van der Waals surface area contributed by atoms with Gasteiger partial charge in [-0.05, 0) is 64.3 Å². The van der Waals surface area contributed by atoms with Crippen molar-refractivity contribution >= 4 is 39.4 Å². The molecule has 0 unspecified atom stereocenters. The summed E-state index contributed by atoms with van der Waals surface area (Å²) in [5.41, 5.74) is 2.36. The summed E-state index contributed by atoms with van der Waals surface area (Å²) in [7, 11) is 1.51. The van der Waals surface area contributed by atoms with E-state index in [0.717, 1.165) is 5.56 Å². The number of hydrogen-bond acceptors (Lipinski definition) is 7. The lowest BCUT2D eigenvalue weighted by atomic mass is 10.1. The smallest absolute Gasteiger partial charge is 0.367 e. The normalized spacial score (nSPS) is 14.6. The summed E-state index contributed by atoms with van der Waals surface area (Å²) in [6.07, 6.45) is 1.65. The van der Waals surface area contributed by atoms with E-state index in [4.69, 9.17) is 9.47 Å². The Labute approximate surface area is 168 Å². The van der Waals surface area contributed by atoms with Gasteiger partial charge in [-0.15, -0.1) is 0 Å². The number of carbonyl (C=O) groups excluding carboxylic acids is 1. The number of halogens is 1. The molecule has 0 aliphatic carbocycles. The molecule has 0 spiro atoms. The topological polar surface area (TPSA) is 100 Å². The van der Waals surface area contributed by atoms with Crippen molar-refractivity contribution in [3.05, 3.63) is 67.7 Å². The van der Waals surface area contributed by atoms with Crippen LogP contribution < -0.4 is 9.47 Å². The standard InChI is InChI=1S/C19H15BrN2O6/c1-11-15(19(23)28-21-11)7-13-8-16(20)18(17(9-13)26-2)27-10-12-3-5-14(6-4-12)22(24)25/h3-9H,10H2,1-2H3/b15-7+. The fourth-order valence-electron chi connectivity index (χ4n) is 2.52. The summed E-state index contributed by atoms with van der Waals surface area (Å²) in [5, 5.41) is 14.4. The largest absolute Gasteiger partial charge is 0.493 e. The molecule has 2 aromatic rings. The van der Waals surface area contributed by atoms with Gasteiger partial charge in [-0.2, -0.15) is 0 Å². The van der Waals surface area contributed by atoms with Crippen LogP contribution in [0, 0.1) is 10.1 Å². The number of non-ortho nitro benzene ring substituents is 1. The van der Waals surface area contributed by atoms with Crippen molar-refractivity contribution in [2.45, 2.75) is 13.5 Å². The van der Waals surface area contributed by atoms with Crippen LogP contribution in [0.25, 0.3) is 6.08 Å². The van der Waals surface area contributed by atoms with Crippen molar-refractivity contribution in [2.24, 2.45) is 5.16 Å². The Bertz CT molecular complexity index is 998. The van der Waals surface area contributed by atoms with Gasteiger partial charge >= 0.3 is 5.97 Å². The van der Waals surface area contributed by atoms with Crippen LogP contribution in [0.15, 0.2) is 51.6 Å². The van der Waals surface area contributed by atoms with E-state index in [1.165, 1.54) is 19.2 Å². The zero-order valence-corrected chi connectivity index (χ0v) is 16.6. The van der Waals surface area contributed by atoms with E-state index in [-0.39, 0.29) is 12.3 Å². The molecule has 0 bridgehead atoms. The number of hydrogen-bond donors (Lipinski definition) is 0. The number of benzene rings is 2. The Kier molecular flexibility index (Phi) is 5.74. The van der Waals surface area contributed by atoms with Gasteiger partial charge in [0.25, 0.3) is 5.69 Å². The second-order valence-electron chi connectivity index (χ2n) is 5.86. The highest BCUT2D eigenvalue weighted by atomic mass is 79.9. The monoisotopic (exact) mass is 446 g/mol. The van der Waals surface area contributed by atoms with Crippen molar-refractivity contribution < 1.29 is 24.0 Å². The third-order valence-electron chi connectivity index (χ3n) is 3.97. The maximum absolute atomic E-state index is 11.7. The van der Waals surface area contributed by atoms with Crippen LogP contribution in [-0.4, -0.2) is 23.7 Å². The van der Waals surface area contributed by atoms with Crippen molar-refractivity contribution in [3.8, 4) is 11.5 Å². The minimum atomic E-state index is -0.508. The van der Waals surface area contributed by atoms with Gasteiger partial charge in [0.2, 0.25) is 0 Å². The van der Waals surface area contributed by atoms with Gasteiger partial charge in [-0.25, -0.2) is 4.79 Å².